The molecule has 2 rings (SSSR count). The molecule has 1 atom stereocenters. The van der Waals surface area contributed by atoms with Gasteiger partial charge in [0.25, 0.3) is 5.91 Å². The summed E-state index contributed by atoms with van der Waals surface area (Å²) in [5, 5.41) is 18.7. The minimum atomic E-state index is -0.565. The summed E-state index contributed by atoms with van der Waals surface area (Å²) in [6.07, 6.45) is 2.10. The summed E-state index contributed by atoms with van der Waals surface area (Å²) in [5.74, 6) is 1.09. The molecule has 7 heteroatoms. The maximum atomic E-state index is 11.7. The molecule has 1 unspecified atom stereocenters. The molecule has 100 valence electrons. The Hall–Kier alpha value is -1.47. The van der Waals surface area contributed by atoms with Gasteiger partial charge in [-0.05, 0) is 19.3 Å². The second-order valence-electron chi connectivity index (χ2n) is 4.47. The van der Waals surface area contributed by atoms with Crippen LogP contribution >= 0.6 is 0 Å². The van der Waals surface area contributed by atoms with Gasteiger partial charge in [0.05, 0.1) is 12.7 Å². The quantitative estimate of drug-likeness (QED) is 0.626. The second-order valence-corrected chi connectivity index (χ2v) is 4.47. The first-order valence-electron chi connectivity index (χ1n) is 6.08. The predicted octanol–water partition coefficient (Wildman–Crippen LogP) is -0.191. The molecule has 18 heavy (non-hydrogen) atoms. The number of methoxy groups -OCH3 is 1. The molecule has 7 nitrogen and oxygen atoms in total. The van der Waals surface area contributed by atoms with Crippen molar-refractivity contribution in [3.63, 3.8) is 0 Å². The average molecular weight is 254 g/mol. The van der Waals surface area contributed by atoms with Crippen molar-refractivity contribution in [2.75, 3.05) is 20.3 Å². The second kappa shape index (κ2) is 5.92. The fourth-order valence-corrected chi connectivity index (χ4v) is 1.62. The molecule has 1 saturated carbocycles. The summed E-state index contributed by atoms with van der Waals surface area (Å²) in [6.45, 7) is 0.638. The Labute approximate surface area is 105 Å². The first-order valence-corrected chi connectivity index (χ1v) is 6.08. The summed E-state index contributed by atoms with van der Waals surface area (Å²) in [7, 11) is 1.52. The first-order chi connectivity index (χ1) is 8.70. The zero-order chi connectivity index (χ0) is 13.0. The monoisotopic (exact) mass is 254 g/mol. The van der Waals surface area contributed by atoms with Crippen molar-refractivity contribution in [3.8, 4) is 0 Å². The number of aliphatic hydroxyl groups excluding tert-OH is 1. The van der Waals surface area contributed by atoms with Gasteiger partial charge in [-0.25, -0.2) is 4.98 Å². The zero-order valence-electron chi connectivity index (χ0n) is 10.3. The molecular weight excluding hydrogens is 236 g/mol. The number of aliphatic hydroxyl groups is 1. The minimum absolute atomic E-state index is 0.165. The van der Waals surface area contributed by atoms with Crippen molar-refractivity contribution in [1.29, 1.82) is 0 Å². The Bertz CT molecular complexity index is 403. The third kappa shape index (κ3) is 3.51. The van der Waals surface area contributed by atoms with Crippen molar-refractivity contribution in [2.24, 2.45) is 0 Å². The molecule has 1 aromatic rings. The molecule has 0 aromatic carbocycles. The van der Waals surface area contributed by atoms with Gasteiger partial charge in [-0.2, -0.15) is 0 Å². The van der Waals surface area contributed by atoms with Crippen LogP contribution in [0.2, 0.25) is 0 Å². The van der Waals surface area contributed by atoms with Crippen molar-refractivity contribution >= 4 is 5.91 Å². The Morgan fingerprint density at radius 3 is 3.11 bits per heavy atom. The van der Waals surface area contributed by atoms with Crippen LogP contribution < -0.4 is 5.32 Å². The predicted molar refractivity (Wildman–Crippen MR) is 63.2 cm³/mol. The normalized spacial score (nSPS) is 16.6. The van der Waals surface area contributed by atoms with Crippen molar-refractivity contribution < 1.29 is 14.6 Å². The van der Waals surface area contributed by atoms with E-state index < -0.39 is 6.10 Å². The van der Waals surface area contributed by atoms with E-state index in [1.807, 2.05) is 0 Å². The highest BCUT2D eigenvalue weighted by Crippen LogP contribution is 2.37. The molecule has 0 aliphatic heterocycles. The number of hydrogen-bond acceptors (Lipinski definition) is 5. The number of carbonyl (C=O) groups excluding carboxylic acids is 1. The van der Waals surface area contributed by atoms with E-state index in [-0.39, 0.29) is 18.3 Å². The number of amides is 1. The van der Waals surface area contributed by atoms with Gasteiger partial charge in [-0.3, -0.25) is 9.89 Å². The molecule has 3 N–H and O–H groups in total. The SMILES string of the molecule is COCC(O)CCNC(=O)c1n[nH]c(C2CC2)n1. The molecule has 0 saturated heterocycles. The number of hydrogen-bond donors (Lipinski definition) is 3. The van der Waals surface area contributed by atoms with Gasteiger partial charge in [-0.1, -0.05) is 0 Å². The molecular formula is C11H18N4O3. The highest BCUT2D eigenvalue weighted by molar-refractivity contribution is 5.90. The summed E-state index contributed by atoms with van der Waals surface area (Å²) in [4.78, 5) is 15.8. The van der Waals surface area contributed by atoms with Crippen LogP contribution in [0.1, 0.15) is 41.6 Å². The maximum absolute atomic E-state index is 11.7. The van der Waals surface area contributed by atoms with Gasteiger partial charge in [-0.15, -0.1) is 5.10 Å². The lowest BCUT2D eigenvalue weighted by Crippen LogP contribution is -2.29. The number of ether oxygens (including phenoxy) is 1. The van der Waals surface area contributed by atoms with Gasteiger partial charge >= 0.3 is 0 Å². The van der Waals surface area contributed by atoms with E-state index >= 15 is 0 Å². The van der Waals surface area contributed by atoms with Crippen molar-refractivity contribution in [1.82, 2.24) is 20.5 Å². The topological polar surface area (TPSA) is 100 Å². The van der Waals surface area contributed by atoms with Crippen molar-refractivity contribution in [3.05, 3.63) is 11.6 Å². The van der Waals surface area contributed by atoms with Crippen LogP contribution in [0.5, 0.6) is 0 Å². The fourth-order valence-electron chi connectivity index (χ4n) is 1.62. The lowest BCUT2D eigenvalue weighted by Gasteiger charge is -2.08. The van der Waals surface area contributed by atoms with E-state index in [0.717, 1.165) is 18.7 Å². The van der Waals surface area contributed by atoms with E-state index in [1.54, 1.807) is 0 Å². The van der Waals surface area contributed by atoms with Crippen LogP contribution in [0.4, 0.5) is 0 Å². The number of aromatic amines is 1. The highest BCUT2D eigenvalue weighted by atomic mass is 16.5. The van der Waals surface area contributed by atoms with Crippen LogP contribution in [-0.2, 0) is 4.74 Å². The van der Waals surface area contributed by atoms with Crippen LogP contribution in [-0.4, -0.2) is 52.6 Å². The third-order valence-corrected chi connectivity index (χ3v) is 2.79. The van der Waals surface area contributed by atoms with Gasteiger partial charge in [0.1, 0.15) is 5.82 Å². The molecule has 0 radical (unpaired) electrons. The first kappa shape index (κ1) is 13.0. The summed E-state index contributed by atoms with van der Waals surface area (Å²) in [6, 6.07) is 0. The molecule has 0 spiro atoms. The Morgan fingerprint density at radius 2 is 2.44 bits per heavy atom. The minimum Gasteiger partial charge on any atom is -0.391 e. The molecule has 1 aliphatic rings. The average Bonchev–Trinajstić information content (AvgIpc) is 3.07. The molecule has 1 heterocycles. The standard InChI is InChI=1S/C11H18N4O3/c1-18-6-8(16)4-5-12-11(17)10-13-9(14-15-10)7-2-3-7/h7-8,16H,2-6H2,1H3,(H,12,17)(H,13,14,15). The smallest absolute Gasteiger partial charge is 0.290 e. The van der Waals surface area contributed by atoms with Gasteiger partial charge in [0.15, 0.2) is 0 Å². The van der Waals surface area contributed by atoms with Gasteiger partial charge in [0, 0.05) is 19.6 Å². The van der Waals surface area contributed by atoms with Gasteiger partial charge in [0.2, 0.25) is 5.82 Å². The van der Waals surface area contributed by atoms with Crippen LogP contribution in [0.15, 0.2) is 0 Å². The van der Waals surface area contributed by atoms with Gasteiger partial charge < -0.3 is 15.2 Å². The Balaban J connectivity index is 1.73. The number of aromatic nitrogens is 3. The van der Waals surface area contributed by atoms with Crippen LogP contribution in [0.25, 0.3) is 0 Å². The number of nitrogens with one attached hydrogen (secondary N) is 2. The summed E-state index contributed by atoms with van der Waals surface area (Å²) < 4.78 is 4.79. The summed E-state index contributed by atoms with van der Waals surface area (Å²) >= 11 is 0. The lowest BCUT2D eigenvalue weighted by atomic mass is 10.2. The highest BCUT2D eigenvalue weighted by Gasteiger charge is 2.28. The van der Waals surface area contributed by atoms with Crippen molar-refractivity contribution in [2.45, 2.75) is 31.3 Å². The molecule has 1 aliphatic carbocycles. The van der Waals surface area contributed by atoms with E-state index in [4.69, 9.17) is 4.74 Å². The third-order valence-electron chi connectivity index (χ3n) is 2.79. The number of nitrogens with zero attached hydrogens (tertiary/aromatic N) is 2. The molecule has 0 bridgehead atoms. The maximum Gasteiger partial charge on any atom is 0.290 e. The van der Waals surface area contributed by atoms with E-state index in [1.165, 1.54) is 7.11 Å². The Kier molecular flexibility index (Phi) is 4.27. The summed E-state index contributed by atoms with van der Waals surface area (Å²) in [5.41, 5.74) is 0. The van der Waals surface area contributed by atoms with E-state index in [2.05, 4.69) is 20.5 Å². The molecule has 1 fully saturated rings. The van der Waals surface area contributed by atoms with Crippen LogP contribution in [0.3, 0.4) is 0 Å². The lowest BCUT2D eigenvalue weighted by molar-refractivity contribution is 0.0587. The zero-order valence-corrected chi connectivity index (χ0v) is 10.3. The number of rotatable bonds is 7. The largest absolute Gasteiger partial charge is 0.391 e. The van der Waals surface area contributed by atoms with E-state index in [9.17, 15) is 9.90 Å². The molecule has 1 amide bonds. The van der Waals surface area contributed by atoms with Crippen LogP contribution in [0, 0.1) is 0 Å². The number of H-pyrrole nitrogens is 1. The van der Waals surface area contributed by atoms with E-state index in [0.29, 0.717) is 18.9 Å². The number of carbonyl (C=O) groups is 1. The Morgan fingerprint density at radius 1 is 1.67 bits per heavy atom. The fraction of sp³-hybridized carbons (Fsp3) is 0.727. The molecule has 1 aromatic heterocycles.